The molecule has 0 amide bonds. The van der Waals surface area contributed by atoms with Gasteiger partial charge < -0.3 is 4.90 Å². The molecule has 88 valence electrons. The first-order chi connectivity index (χ1) is 6.40. The molecule has 1 aromatic rings. The fraction of sp³-hybridized carbons (Fsp3) is 0.250. The molecule has 0 saturated carbocycles. The second kappa shape index (κ2) is 2.58. The first-order valence-electron chi connectivity index (χ1n) is 3.92. The van der Waals surface area contributed by atoms with Crippen molar-refractivity contribution in [2.24, 2.45) is 0 Å². The molecule has 0 aliphatic heterocycles. The minimum Gasteiger partial charge on any atom is -0.378 e. The summed E-state index contributed by atoms with van der Waals surface area (Å²) in [6.45, 7) is 0. The van der Waals surface area contributed by atoms with E-state index in [0.29, 0.717) is 17.8 Å². The van der Waals surface area contributed by atoms with Gasteiger partial charge in [0.05, 0.1) is 0 Å². The molecule has 0 aliphatic rings. The van der Waals surface area contributed by atoms with E-state index < -0.39 is 15.1 Å². The molecule has 0 aromatic heterocycles. The van der Waals surface area contributed by atoms with Gasteiger partial charge in [0.1, 0.15) is 4.90 Å². The molecule has 0 radical (unpaired) electrons. The quantitative estimate of drug-likeness (QED) is 0.700. The molecule has 1 nitrogen and oxygen atoms in total. The molecule has 0 fully saturated rings. The van der Waals surface area contributed by atoms with Gasteiger partial charge in [-0.3, -0.25) is 0 Å². The molecule has 0 N–H and O–H groups in total. The van der Waals surface area contributed by atoms with Crippen LogP contribution in [0, 0.1) is 0 Å². The van der Waals surface area contributed by atoms with Crippen LogP contribution >= 0.6 is 10.2 Å². The summed E-state index contributed by atoms with van der Waals surface area (Å²) in [5.41, 5.74) is 0.431. The Labute approximate surface area is 84.2 Å². The van der Waals surface area contributed by atoms with Crippen molar-refractivity contribution in [2.75, 3.05) is 19.0 Å². The van der Waals surface area contributed by atoms with E-state index in [0.717, 1.165) is 12.1 Å². The van der Waals surface area contributed by atoms with Crippen LogP contribution in [0.4, 0.5) is 25.1 Å². The lowest BCUT2D eigenvalue weighted by Crippen LogP contribution is -2.10. The van der Waals surface area contributed by atoms with E-state index in [1.165, 1.54) is 4.90 Å². The monoisotopic (exact) mass is 247 g/mol. The van der Waals surface area contributed by atoms with Crippen molar-refractivity contribution in [1.29, 1.82) is 0 Å². The average Bonchev–Trinajstić information content (AvgIpc) is 2.00. The van der Waals surface area contributed by atoms with Gasteiger partial charge in [-0.25, -0.2) is 0 Å². The van der Waals surface area contributed by atoms with Crippen molar-refractivity contribution >= 4 is 15.9 Å². The number of nitrogens with zero attached hydrogens (tertiary/aromatic N) is 1. The topological polar surface area (TPSA) is 3.24 Å². The Bertz CT molecular complexity index is 365. The highest BCUT2D eigenvalue weighted by atomic mass is 32.5. The zero-order valence-electron chi connectivity index (χ0n) is 8.05. The SMILES string of the molecule is CN(C)c1ccc(S(F)(F)(F)(F)F)cc1. The molecule has 0 unspecified atom stereocenters. The molecule has 1 rings (SSSR count). The number of anilines is 1. The van der Waals surface area contributed by atoms with E-state index in [9.17, 15) is 19.4 Å². The van der Waals surface area contributed by atoms with Crippen LogP contribution in [0.2, 0.25) is 0 Å². The third kappa shape index (κ3) is 2.98. The summed E-state index contributed by atoms with van der Waals surface area (Å²) >= 11 is 0. The Hall–Kier alpha value is -0.980. The lowest BCUT2D eigenvalue weighted by molar-refractivity contribution is 0.364. The van der Waals surface area contributed by atoms with Gasteiger partial charge in [0.2, 0.25) is 0 Å². The maximum Gasteiger partial charge on any atom is 0.310 e. The molecular formula is C8H10F5NS. The van der Waals surface area contributed by atoms with Gasteiger partial charge in [-0.05, 0) is 24.3 Å². The van der Waals surface area contributed by atoms with Gasteiger partial charge in [0, 0.05) is 19.8 Å². The lowest BCUT2D eigenvalue weighted by atomic mass is 10.3. The van der Waals surface area contributed by atoms with E-state index in [1.54, 1.807) is 14.1 Å². The van der Waals surface area contributed by atoms with Crippen molar-refractivity contribution in [2.45, 2.75) is 4.90 Å². The van der Waals surface area contributed by atoms with Gasteiger partial charge >= 0.3 is 10.2 Å². The fourth-order valence-corrected chi connectivity index (χ4v) is 1.65. The number of benzene rings is 1. The first kappa shape index (κ1) is 12.1. The lowest BCUT2D eigenvalue weighted by Gasteiger charge is -2.40. The molecule has 15 heavy (non-hydrogen) atoms. The number of hydrogen-bond acceptors (Lipinski definition) is 1. The van der Waals surface area contributed by atoms with Crippen LogP contribution in [-0.2, 0) is 0 Å². The Balaban J connectivity index is 3.23. The van der Waals surface area contributed by atoms with E-state index in [1.807, 2.05) is 0 Å². The summed E-state index contributed by atoms with van der Waals surface area (Å²) in [6.07, 6.45) is 0. The smallest absolute Gasteiger partial charge is 0.310 e. The number of halogens is 5. The van der Waals surface area contributed by atoms with Crippen LogP contribution < -0.4 is 4.90 Å². The molecular weight excluding hydrogens is 237 g/mol. The van der Waals surface area contributed by atoms with Crippen LogP contribution in [0.5, 0.6) is 0 Å². The van der Waals surface area contributed by atoms with Gasteiger partial charge in [-0.1, -0.05) is 19.4 Å². The van der Waals surface area contributed by atoms with Gasteiger partial charge in [0.25, 0.3) is 0 Å². The molecule has 0 aliphatic carbocycles. The fourth-order valence-electron chi connectivity index (χ4n) is 1.00. The van der Waals surface area contributed by atoms with Crippen LogP contribution in [0.15, 0.2) is 29.2 Å². The van der Waals surface area contributed by atoms with Crippen LogP contribution in [0.3, 0.4) is 0 Å². The summed E-state index contributed by atoms with van der Waals surface area (Å²) in [7, 11) is -6.30. The van der Waals surface area contributed by atoms with Crippen molar-refractivity contribution in [3.05, 3.63) is 24.3 Å². The van der Waals surface area contributed by atoms with Gasteiger partial charge in [-0.2, -0.15) is 0 Å². The summed E-state index contributed by atoms with van der Waals surface area (Å²) < 4.78 is 61.3. The Kier molecular flexibility index (Phi) is 2.08. The predicted octanol–water partition coefficient (Wildman–Crippen LogP) is 4.41. The van der Waals surface area contributed by atoms with Gasteiger partial charge in [-0.15, -0.1) is 0 Å². The molecule has 7 heteroatoms. The van der Waals surface area contributed by atoms with E-state index >= 15 is 0 Å². The van der Waals surface area contributed by atoms with Crippen molar-refractivity contribution in [1.82, 2.24) is 0 Å². The Morgan fingerprint density at radius 2 is 1.27 bits per heavy atom. The van der Waals surface area contributed by atoms with Crippen molar-refractivity contribution in [3.8, 4) is 0 Å². The van der Waals surface area contributed by atoms with Crippen molar-refractivity contribution in [3.63, 3.8) is 0 Å². The highest BCUT2D eigenvalue weighted by Gasteiger charge is 2.65. The van der Waals surface area contributed by atoms with Gasteiger partial charge in [0.15, 0.2) is 0 Å². The number of hydrogen-bond donors (Lipinski definition) is 0. The average molecular weight is 247 g/mol. The third-order valence-corrected chi connectivity index (χ3v) is 2.96. The standard InChI is InChI=1S/C8H10F5NS/c1-14(2)7-3-5-8(6-4-7)15(9,10,11,12)13/h3-6H,1-2H3. The molecule has 0 heterocycles. The Morgan fingerprint density at radius 3 is 1.53 bits per heavy atom. The van der Waals surface area contributed by atoms with Crippen LogP contribution in [-0.4, -0.2) is 14.1 Å². The van der Waals surface area contributed by atoms with E-state index in [4.69, 9.17) is 0 Å². The molecule has 0 saturated heterocycles. The third-order valence-electron chi connectivity index (χ3n) is 1.80. The van der Waals surface area contributed by atoms with Crippen LogP contribution in [0.1, 0.15) is 0 Å². The summed E-state index contributed by atoms with van der Waals surface area (Å²) in [5, 5.41) is 0. The van der Waals surface area contributed by atoms with E-state index in [-0.39, 0.29) is 0 Å². The molecule has 0 spiro atoms. The number of rotatable bonds is 2. The maximum atomic E-state index is 12.3. The zero-order valence-corrected chi connectivity index (χ0v) is 8.87. The zero-order chi connectivity index (χ0) is 12.0. The summed E-state index contributed by atoms with van der Waals surface area (Å²) in [6, 6.07) is 2.81. The molecule has 0 atom stereocenters. The maximum absolute atomic E-state index is 12.3. The summed E-state index contributed by atoms with van der Waals surface area (Å²) in [4.78, 5) is -0.338. The minimum absolute atomic E-state index is 0.400. The highest BCUT2D eigenvalue weighted by Crippen LogP contribution is 3.02. The second-order valence-electron chi connectivity index (χ2n) is 3.36. The largest absolute Gasteiger partial charge is 0.378 e. The summed E-state index contributed by atoms with van der Waals surface area (Å²) in [5.74, 6) is 0. The second-order valence-corrected chi connectivity index (χ2v) is 5.77. The minimum atomic E-state index is -9.51. The predicted molar refractivity (Wildman–Crippen MR) is 52.2 cm³/mol. The normalized spacial score (nSPS) is 16.7. The first-order valence-corrected chi connectivity index (χ1v) is 5.87. The van der Waals surface area contributed by atoms with Crippen LogP contribution in [0.25, 0.3) is 0 Å². The molecule has 1 aromatic carbocycles. The highest BCUT2D eigenvalue weighted by molar-refractivity contribution is 8.45. The molecule has 0 bridgehead atoms. The van der Waals surface area contributed by atoms with E-state index in [2.05, 4.69) is 0 Å². The van der Waals surface area contributed by atoms with Crippen molar-refractivity contribution < 1.29 is 19.4 Å². The Morgan fingerprint density at radius 1 is 0.867 bits per heavy atom.